The molecule has 1 heterocycles. The van der Waals surface area contributed by atoms with Crippen molar-refractivity contribution < 1.29 is 4.74 Å². The molecule has 4 rings (SSSR count). The minimum Gasteiger partial charge on any atom is -0.381 e. The summed E-state index contributed by atoms with van der Waals surface area (Å²) in [6.45, 7) is 1.67. The Labute approximate surface area is 143 Å². The molecule has 1 saturated heterocycles. The summed E-state index contributed by atoms with van der Waals surface area (Å²) in [7, 11) is 0. The smallest absolute Gasteiger partial charge is 0.0469 e. The van der Waals surface area contributed by atoms with E-state index in [0.29, 0.717) is 5.92 Å². The molecule has 23 heavy (non-hydrogen) atoms. The Hall–Kier alpha value is -1.61. The van der Waals surface area contributed by atoms with Crippen molar-refractivity contribution in [1.29, 1.82) is 0 Å². The predicted octanol–water partition coefficient (Wildman–Crippen LogP) is 4.84. The van der Waals surface area contributed by atoms with Gasteiger partial charge in [0.15, 0.2) is 0 Å². The topological polar surface area (TPSA) is 35.2 Å². The summed E-state index contributed by atoms with van der Waals surface area (Å²) < 4.78 is 5.49. The lowest BCUT2D eigenvalue weighted by Gasteiger charge is -2.29. The normalized spacial score (nSPS) is 17.1. The van der Waals surface area contributed by atoms with Gasteiger partial charge in [-0.1, -0.05) is 48.5 Å². The highest BCUT2D eigenvalue weighted by atomic mass is 35.5. The molecular weight excluding hydrogens is 306 g/mol. The number of fused-ring (bicyclic) bond motifs is 3. The highest BCUT2D eigenvalue weighted by molar-refractivity contribution is 6.09. The van der Waals surface area contributed by atoms with Crippen LogP contribution >= 0.6 is 12.4 Å². The molecule has 0 bridgehead atoms. The highest BCUT2D eigenvalue weighted by Crippen LogP contribution is 2.36. The number of halogens is 1. The number of benzene rings is 3. The Morgan fingerprint density at radius 2 is 1.48 bits per heavy atom. The molecular formula is C20H22ClNO. The summed E-state index contributed by atoms with van der Waals surface area (Å²) in [5.41, 5.74) is 7.95. The Kier molecular flexibility index (Phi) is 4.86. The third kappa shape index (κ3) is 2.94. The van der Waals surface area contributed by atoms with E-state index < -0.39 is 0 Å². The minimum absolute atomic E-state index is 0. The van der Waals surface area contributed by atoms with Gasteiger partial charge in [-0.25, -0.2) is 0 Å². The third-order valence-corrected chi connectivity index (χ3v) is 4.93. The van der Waals surface area contributed by atoms with E-state index in [1.54, 1.807) is 0 Å². The second kappa shape index (κ2) is 6.88. The Balaban J connectivity index is 0.00000156. The fourth-order valence-electron chi connectivity index (χ4n) is 3.69. The molecule has 1 aliphatic rings. The van der Waals surface area contributed by atoms with Gasteiger partial charge in [-0.2, -0.15) is 0 Å². The Morgan fingerprint density at radius 1 is 0.870 bits per heavy atom. The molecule has 3 heteroatoms. The zero-order valence-electron chi connectivity index (χ0n) is 13.1. The van der Waals surface area contributed by atoms with Crippen molar-refractivity contribution in [1.82, 2.24) is 0 Å². The van der Waals surface area contributed by atoms with Crippen LogP contribution in [0.4, 0.5) is 0 Å². The largest absolute Gasteiger partial charge is 0.381 e. The van der Waals surface area contributed by atoms with E-state index in [4.69, 9.17) is 10.5 Å². The summed E-state index contributed by atoms with van der Waals surface area (Å²) >= 11 is 0. The monoisotopic (exact) mass is 327 g/mol. The van der Waals surface area contributed by atoms with Gasteiger partial charge in [0.2, 0.25) is 0 Å². The molecule has 0 aromatic heterocycles. The van der Waals surface area contributed by atoms with Gasteiger partial charge in [0.05, 0.1) is 0 Å². The Morgan fingerprint density at radius 3 is 2.22 bits per heavy atom. The van der Waals surface area contributed by atoms with Gasteiger partial charge in [0, 0.05) is 19.3 Å². The van der Waals surface area contributed by atoms with Gasteiger partial charge < -0.3 is 10.5 Å². The van der Waals surface area contributed by atoms with E-state index >= 15 is 0 Å². The van der Waals surface area contributed by atoms with Crippen LogP contribution in [0.3, 0.4) is 0 Å². The summed E-state index contributed by atoms with van der Waals surface area (Å²) in [5.74, 6) is 0.512. The molecule has 0 amide bonds. The zero-order chi connectivity index (χ0) is 14.9. The predicted molar refractivity (Wildman–Crippen MR) is 99.2 cm³/mol. The maximum atomic E-state index is 6.67. The van der Waals surface area contributed by atoms with Crippen LogP contribution in [-0.2, 0) is 4.74 Å². The van der Waals surface area contributed by atoms with Gasteiger partial charge in [0.25, 0.3) is 0 Å². The van der Waals surface area contributed by atoms with Crippen LogP contribution in [0.25, 0.3) is 21.5 Å². The molecule has 1 aliphatic heterocycles. The van der Waals surface area contributed by atoms with Gasteiger partial charge in [-0.15, -0.1) is 12.4 Å². The first-order chi connectivity index (χ1) is 10.8. The molecule has 3 aromatic carbocycles. The zero-order valence-corrected chi connectivity index (χ0v) is 13.9. The third-order valence-electron chi connectivity index (χ3n) is 4.93. The van der Waals surface area contributed by atoms with Crippen molar-refractivity contribution in [2.75, 3.05) is 13.2 Å². The molecule has 2 nitrogen and oxygen atoms in total. The number of rotatable bonds is 2. The van der Waals surface area contributed by atoms with Crippen molar-refractivity contribution in [2.45, 2.75) is 18.9 Å². The van der Waals surface area contributed by atoms with Crippen LogP contribution in [0.2, 0.25) is 0 Å². The lowest BCUT2D eigenvalue weighted by molar-refractivity contribution is 0.0585. The van der Waals surface area contributed by atoms with Crippen LogP contribution in [0, 0.1) is 5.92 Å². The maximum absolute atomic E-state index is 6.67. The van der Waals surface area contributed by atoms with E-state index in [0.717, 1.165) is 26.1 Å². The van der Waals surface area contributed by atoms with Crippen molar-refractivity contribution >= 4 is 34.0 Å². The van der Waals surface area contributed by atoms with Crippen LogP contribution in [-0.4, -0.2) is 13.2 Å². The second-order valence-electron chi connectivity index (χ2n) is 6.21. The van der Waals surface area contributed by atoms with Gasteiger partial charge >= 0.3 is 0 Å². The molecule has 3 aromatic rings. The molecule has 0 unspecified atom stereocenters. The molecule has 1 atom stereocenters. The van der Waals surface area contributed by atoms with Crippen molar-refractivity contribution in [2.24, 2.45) is 11.7 Å². The van der Waals surface area contributed by atoms with Gasteiger partial charge in [-0.05, 0) is 51.9 Å². The van der Waals surface area contributed by atoms with Crippen LogP contribution in [0.15, 0.2) is 54.6 Å². The van der Waals surface area contributed by atoms with Crippen LogP contribution in [0.5, 0.6) is 0 Å². The highest BCUT2D eigenvalue weighted by Gasteiger charge is 2.24. The number of ether oxygens (including phenoxy) is 1. The van der Waals surface area contributed by atoms with Crippen molar-refractivity contribution in [3.63, 3.8) is 0 Å². The molecule has 0 aliphatic carbocycles. The molecule has 120 valence electrons. The molecule has 1 fully saturated rings. The first-order valence-electron chi connectivity index (χ1n) is 8.08. The molecule has 0 spiro atoms. The second-order valence-corrected chi connectivity index (χ2v) is 6.21. The van der Waals surface area contributed by atoms with Crippen molar-refractivity contribution in [3.05, 3.63) is 60.2 Å². The van der Waals surface area contributed by atoms with Gasteiger partial charge in [-0.3, -0.25) is 0 Å². The minimum atomic E-state index is 0. The molecule has 0 radical (unpaired) electrons. The van der Waals surface area contributed by atoms with Crippen LogP contribution < -0.4 is 5.73 Å². The number of hydrogen-bond donors (Lipinski definition) is 1. The van der Waals surface area contributed by atoms with Crippen LogP contribution in [0.1, 0.15) is 24.4 Å². The summed E-state index contributed by atoms with van der Waals surface area (Å²) in [6.07, 6.45) is 2.12. The average Bonchev–Trinajstić information content (AvgIpc) is 2.61. The fraction of sp³-hybridized carbons (Fsp3) is 0.300. The SMILES string of the molecule is Cl.N[C@@H](c1cc2ccccc2c2ccccc12)C1CCOCC1. The maximum Gasteiger partial charge on any atom is 0.0469 e. The van der Waals surface area contributed by atoms with E-state index in [2.05, 4.69) is 54.6 Å². The quantitative estimate of drug-likeness (QED) is 0.683. The Bertz CT molecular complexity index is 811. The molecule has 0 saturated carbocycles. The van der Waals surface area contributed by atoms with Gasteiger partial charge in [0.1, 0.15) is 0 Å². The first kappa shape index (κ1) is 16.3. The number of hydrogen-bond acceptors (Lipinski definition) is 2. The summed E-state index contributed by atoms with van der Waals surface area (Å²) in [4.78, 5) is 0. The van der Waals surface area contributed by atoms with E-state index in [1.165, 1.54) is 27.1 Å². The average molecular weight is 328 g/mol. The summed E-state index contributed by atoms with van der Waals surface area (Å²) in [6, 6.07) is 19.6. The number of nitrogens with two attached hydrogens (primary N) is 1. The lowest BCUT2D eigenvalue weighted by atomic mass is 9.84. The lowest BCUT2D eigenvalue weighted by Crippen LogP contribution is -2.27. The van der Waals surface area contributed by atoms with Crippen molar-refractivity contribution in [3.8, 4) is 0 Å². The van der Waals surface area contributed by atoms with E-state index in [-0.39, 0.29) is 18.4 Å². The fourth-order valence-corrected chi connectivity index (χ4v) is 3.69. The first-order valence-corrected chi connectivity index (χ1v) is 8.08. The summed E-state index contributed by atoms with van der Waals surface area (Å²) in [5, 5.41) is 5.18. The van der Waals surface area contributed by atoms with E-state index in [9.17, 15) is 0 Å². The molecule has 2 N–H and O–H groups in total. The van der Waals surface area contributed by atoms with E-state index in [1.807, 2.05) is 0 Å². The standard InChI is InChI=1S/C20H21NO.ClH/c21-20(14-9-11-22-12-10-14)19-13-15-5-1-2-6-16(15)17-7-3-4-8-18(17)19;/h1-8,13-14,20H,9-12,21H2;1H/t20-;/m1./s1.